The maximum atomic E-state index is 13.5. The predicted molar refractivity (Wildman–Crippen MR) is 151 cm³/mol. The third-order valence-electron chi connectivity index (χ3n) is 8.36. The van der Waals surface area contributed by atoms with Crippen molar-refractivity contribution in [2.24, 2.45) is 23.7 Å². The van der Waals surface area contributed by atoms with E-state index < -0.39 is 24.4 Å². The molecule has 9 nitrogen and oxygen atoms in total. The summed E-state index contributed by atoms with van der Waals surface area (Å²) in [5.74, 6) is -2.34. The summed E-state index contributed by atoms with van der Waals surface area (Å²) in [5.41, 5.74) is 6.58. The average molecular weight is 616 g/mol. The smallest absolute Gasteiger partial charge is 0.338 e. The molecule has 5 atom stereocenters. The molecular weight excluding hydrogens is 590 g/mol. The maximum absolute atomic E-state index is 13.5. The lowest BCUT2D eigenvalue weighted by molar-refractivity contribution is -0.125. The summed E-state index contributed by atoms with van der Waals surface area (Å²) in [6.45, 7) is -0.612. The van der Waals surface area contributed by atoms with E-state index in [1.165, 1.54) is 22.6 Å². The number of hydrogen-bond donors (Lipinski definition) is 2. The SMILES string of the molecule is O=C(COC(=O)c1ccc(N2C(=O)[C@@H]3[C@@H]4C[C@@H]([C@@H]3C2=O)[C@H](c2ccccc2)C4)cc1)NNC(=O)c1ccc(Br)cc1. The number of nitrogens with zero attached hydrogens (tertiary/aromatic N) is 1. The molecule has 3 aliphatic rings. The Labute approximate surface area is 244 Å². The van der Waals surface area contributed by atoms with Crippen LogP contribution in [0.5, 0.6) is 0 Å². The lowest BCUT2D eigenvalue weighted by atomic mass is 9.73. The van der Waals surface area contributed by atoms with Gasteiger partial charge in [0, 0.05) is 10.0 Å². The van der Waals surface area contributed by atoms with E-state index in [0.29, 0.717) is 11.3 Å². The van der Waals surface area contributed by atoms with Gasteiger partial charge >= 0.3 is 5.97 Å². The van der Waals surface area contributed by atoms with Crippen molar-refractivity contribution >= 4 is 51.2 Å². The second-order valence-electron chi connectivity index (χ2n) is 10.6. The molecular formula is C31H26BrN3O6. The van der Waals surface area contributed by atoms with E-state index >= 15 is 0 Å². The zero-order chi connectivity index (χ0) is 28.7. The van der Waals surface area contributed by atoms with Crippen LogP contribution in [0, 0.1) is 23.7 Å². The van der Waals surface area contributed by atoms with Gasteiger partial charge in [0.15, 0.2) is 6.61 Å². The Morgan fingerprint density at radius 3 is 2.17 bits per heavy atom. The maximum Gasteiger partial charge on any atom is 0.338 e. The van der Waals surface area contributed by atoms with Crippen molar-refractivity contribution in [3.63, 3.8) is 0 Å². The van der Waals surface area contributed by atoms with Crippen LogP contribution in [0.2, 0.25) is 0 Å². The molecule has 10 heteroatoms. The monoisotopic (exact) mass is 615 g/mol. The summed E-state index contributed by atoms with van der Waals surface area (Å²) in [5, 5.41) is 0. The Balaban J connectivity index is 1.04. The Hall–Kier alpha value is -4.31. The van der Waals surface area contributed by atoms with Gasteiger partial charge in [-0.3, -0.25) is 34.9 Å². The number of hydrazine groups is 1. The highest BCUT2D eigenvalue weighted by Crippen LogP contribution is 2.61. The molecule has 0 aromatic heterocycles. The van der Waals surface area contributed by atoms with Gasteiger partial charge in [0.2, 0.25) is 11.8 Å². The van der Waals surface area contributed by atoms with Crippen molar-refractivity contribution in [1.29, 1.82) is 0 Å². The van der Waals surface area contributed by atoms with Crippen molar-refractivity contribution in [2.75, 3.05) is 11.5 Å². The molecule has 1 heterocycles. The predicted octanol–water partition coefficient (Wildman–Crippen LogP) is 4.00. The normalized spacial score (nSPS) is 24.2. The number of nitrogens with one attached hydrogen (secondary N) is 2. The quantitative estimate of drug-likeness (QED) is 0.246. The number of benzene rings is 3. The van der Waals surface area contributed by atoms with Gasteiger partial charge in [0.05, 0.1) is 23.1 Å². The number of amides is 4. The standard InChI is InChI=1S/C31H26BrN3O6/c32-21-10-6-18(7-11-21)28(37)34-33-25(36)16-41-31(40)19-8-12-22(13-9-19)35-29(38)26-20-14-23(17-4-2-1-3-5-17)24(15-20)27(26)30(35)39/h1-13,20,23-24,26-27H,14-16H2,(H,33,36)(H,34,37)/t20-,23-,24+,26+,27-/m0/s1. The molecule has 6 rings (SSSR count). The molecule has 0 spiro atoms. The van der Waals surface area contributed by atoms with Crippen molar-refractivity contribution < 1.29 is 28.7 Å². The molecule has 1 aliphatic heterocycles. The average Bonchev–Trinajstić information content (AvgIpc) is 3.66. The van der Waals surface area contributed by atoms with Crippen LogP contribution in [0.3, 0.4) is 0 Å². The first-order valence-electron chi connectivity index (χ1n) is 13.4. The fourth-order valence-corrected chi connectivity index (χ4v) is 6.86. The van der Waals surface area contributed by atoms with Gasteiger partial charge in [-0.2, -0.15) is 0 Å². The molecule has 1 saturated heterocycles. The number of imide groups is 1. The number of hydrogen-bond acceptors (Lipinski definition) is 6. The lowest BCUT2D eigenvalue weighted by Gasteiger charge is -2.28. The number of rotatable bonds is 6. The van der Waals surface area contributed by atoms with Gasteiger partial charge in [-0.05, 0) is 84.7 Å². The van der Waals surface area contributed by atoms with Crippen LogP contribution in [-0.4, -0.2) is 36.2 Å². The molecule has 2 N–H and O–H groups in total. The van der Waals surface area contributed by atoms with Crippen molar-refractivity contribution in [3.8, 4) is 0 Å². The molecule has 2 bridgehead atoms. The summed E-state index contributed by atoms with van der Waals surface area (Å²) in [6, 6.07) is 22.7. The minimum Gasteiger partial charge on any atom is -0.452 e. The molecule has 2 aliphatic carbocycles. The summed E-state index contributed by atoms with van der Waals surface area (Å²) in [7, 11) is 0. The highest BCUT2D eigenvalue weighted by Gasteiger charge is 2.64. The number of anilines is 1. The van der Waals surface area contributed by atoms with E-state index in [0.717, 1.165) is 17.3 Å². The fraction of sp³-hybridized carbons (Fsp3) is 0.258. The molecule has 3 aromatic rings. The summed E-state index contributed by atoms with van der Waals surface area (Å²) < 4.78 is 5.85. The third-order valence-corrected chi connectivity index (χ3v) is 8.89. The van der Waals surface area contributed by atoms with Gasteiger partial charge in [-0.25, -0.2) is 4.79 Å². The van der Waals surface area contributed by atoms with Gasteiger partial charge in [0.1, 0.15) is 0 Å². The largest absolute Gasteiger partial charge is 0.452 e. The molecule has 0 unspecified atom stereocenters. The minimum atomic E-state index is -0.759. The van der Waals surface area contributed by atoms with Crippen molar-refractivity contribution in [3.05, 3.63) is 100 Å². The number of halogens is 1. The van der Waals surface area contributed by atoms with Crippen LogP contribution >= 0.6 is 15.9 Å². The number of ether oxygens (including phenoxy) is 1. The van der Waals surface area contributed by atoms with Crippen LogP contribution < -0.4 is 15.8 Å². The Kier molecular flexibility index (Phi) is 7.17. The summed E-state index contributed by atoms with van der Waals surface area (Å²) in [6.07, 6.45) is 1.81. The number of fused-ring (bicyclic) bond motifs is 5. The first-order valence-corrected chi connectivity index (χ1v) is 14.2. The number of esters is 1. The Bertz CT molecular complexity index is 1530. The van der Waals surface area contributed by atoms with E-state index in [9.17, 15) is 24.0 Å². The topological polar surface area (TPSA) is 122 Å². The molecule has 4 amide bonds. The van der Waals surface area contributed by atoms with Gasteiger partial charge < -0.3 is 4.74 Å². The molecule has 208 valence electrons. The van der Waals surface area contributed by atoms with Crippen LogP contribution in [0.15, 0.2) is 83.3 Å². The molecule has 3 aromatic carbocycles. The fourth-order valence-electron chi connectivity index (χ4n) is 6.59. The van der Waals surface area contributed by atoms with Crippen LogP contribution in [0.4, 0.5) is 5.69 Å². The second-order valence-corrected chi connectivity index (χ2v) is 11.5. The van der Waals surface area contributed by atoms with Gasteiger partial charge in [0.25, 0.3) is 11.8 Å². The van der Waals surface area contributed by atoms with Gasteiger partial charge in [-0.1, -0.05) is 46.3 Å². The molecule has 2 saturated carbocycles. The van der Waals surface area contributed by atoms with E-state index in [4.69, 9.17) is 4.74 Å². The van der Waals surface area contributed by atoms with E-state index in [-0.39, 0.29) is 47.0 Å². The highest BCUT2D eigenvalue weighted by molar-refractivity contribution is 9.10. The number of carbonyl (C=O) groups is 5. The van der Waals surface area contributed by atoms with Gasteiger partial charge in [-0.15, -0.1) is 0 Å². The van der Waals surface area contributed by atoms with Crippen LogP contribution in [0.25, 0.3) is 0 Å². The van der Waals surface area contributed by atoms with E-state index in [1.54, 1.807) is 36.4 Å². The lowest BCUT2D eigenvalue weighted by Crippen LogP contribution is -2.43. The zero-order valence-electron chi connectivity index (χ0n) is 21.8. The second kappa shape index (κ2) is 10.9. The third kappa shape index (κ3) is 5.04. The molecule has 0 radical (unpaired) electrons. The first kappa shape index (κ1) is 26.9. The summed E-state index contributed by atoms with van der Waals surface area (Å²) >= 11 is 3.28. The zero-order valence-corrected chi connectivity index (χ0v) is 23.4. The Morgan fingerprint density at radius 2 is 1.46 bits per heavy atom. The summed E-state index contributed by atoms with van der Waals surface area (Å²) in [4.78, 5) is 64.8. The molecule has 3 fully saturated rings. The Morgan fingerprint density at radius 1 is 0.805 bits per heavy atom. The van der Waals surface area contributed by atoms with E-state index in [2.05, 4.69) is 38.9 Å². The van der Waals surface area contributed by atoms with Crippen molar-refractivity contribution in [2.45, 2.75) is 18.8 Å². The minimum absolute atomic E-state index is 0.147. The van der Waals surface area contributed by atoms with Crippen LogP contribution in [-0.2, 0) is 19.1 Å². The van der Waals surface area contributed by atoms with Crippen LogP contribution in [0.1, 0.15) is 45.0 Å². The number of carbonyl (C=O) groups excluding carboxylic acids is 5. The molecule has 41 heavy (non-hydrogen) atoms. The van der Waals surface area contributed by atoms with E-state index in [1.807, 2.05) is 18.2 Å². The first-order chi connectivity index (χ1) is 19.8. The van der Waals surface area contributed by atoms with Crippen molar-refractivity contribution in [1.82, 2.24) is 10.9 Å². The highest BCUT2D eigenvalue weighted by atomic mass is 79.9.